The molecule has 3 saturated heterocycles. The van der Waals surface area contributed by atoms with Crippen molar-refractivity contribution in [3.63, 3.8) is 0 Å². The molecule has 0 amide bonds. The standard InChI is InChI=1S/C27H33N7O3/c1-2-25(35)33-7-4-19(5-8-33)34-15-18(16-34)21-13-22-26(23(14-28)30-21)37-17-20-24(3-6-29-27(20)31-22)32-9-11-36-12-10-32/h2-3,6,13,18-19,25,35H,1,4-5,7-12,15-17H2,(H,29,31). The van der Waals surface area contributed by atoms with E-state index in [1.165, 1.54) is 0 Å². The van der Waals surface area contributed by atoms with E-state index in [4.69, 9.17) is 14.5 Å². The molecule has 2 aromatic rings. The number of hydrogen-bond donors (Lipinski definition) is 2. The summed E-state index contributed by atoms with van der Waals surface area (Å²) in [5.74, 6) is 1.51. The van der Waals surface area contributed by atoms with Crippen molar-refractivity contribution >= 4 is 17.2 Å². The third kappa shape index (κ3) is 4.64. The molecule has 0 radical (unpaired) electrons. The Labute approximate surface area is 217 Å². The Morgan fingerprint density at radius 1 is 1.22 bits per heavy atom. The van der Waals surface area contributed by atoms with E-state index in [9.17, 15) is 10.4 Å². The first-order valence-electron chi connectivity index (χ1n) is 13.1. The number of nitriles is 1. The van der Waals surface area contributed by atoms with Crippen molar-refractivity contribution in [2.24, 2.45) is 0 Å². The monoisotopic (exact) mass is 503 g/mol. The fraction of sp³-hybridized carbons (Fsp3) is 0.519. The van der Waals surface area contributed by atoms with Gasteiger partial charge in [0, 0.05) is 68.8 Å². The zero-order valence-corrected chi connectivity index (χ0v) is 21.0. The number of hydrogen-bond acceptors (Lipinski definition) is 10. The smallest absolute Gasteiger partial charge is 0.185 e. The number of nitrogens with one attached hydrogen (secondary N) is 1. The summed E-state index contributed by atoms with van der Waals surface area (Å²) in [6.45, 7) is 10.6. The Kier molecular flexibility index (Phi) is 6.69. The first-order valence-corrected chi connectivity index (χ1v) is 13.1. The molecular formula is C27H33N7O3. The molecule has 0 bridgehead atoms. The summed E-state index contributed by atoms with van der Waals surface area (Å²) in [5, 5.41) is 23.4. The zero-order chi connectivity index (χ0) is 25.4. The van der Waals surface area contributed by atoms with Crippen LogP contribution in [0.15, 0.2) is 31.0 Å². The van der Waals surface area contributed by atoms with Gasteiger partial charge in [0.05, 0.1) is 24.5 Å². The lowest BCUT2D eigenvalue weighted by molar-refractivity contribution is -0.0109. The van der Waals surface area contributed by atoms with Crippen molar-refractivity contribution in [3.05, 3.63) is 47.9 Å². The van der Waals surface area contributed by atoms with E-state index in [1.807, 2.05) is 18.3 Å². The molecule has 6 rings (SSSR count). The van der Waals surface area contributed by atoms with Gasteiger partial charge in [-0.1, -0.05) is 6.58 Å². The van der Waals surface area contributed by atoms with E-state index < -0.39 is 6.23 Å². The van der Waals surface area contributed by atoms with Crippen molar-refractivity contribution in [1.82, 2.24) is 19.8 Å². The number of rotatable bonds is 5. The predicted octanol–water partition coefficient (Wildman–Crippen LogP) is 2.19. The maximum absolute atomic E-state index is 10.0. The van der Waals surface area contributed by atoms with E-state index in [0.717, 1.165) is 80.6 Å². The molecule has 2 N–H and O–H groups in total. The van der Waals surface area contributed by atoms with Gasteiger partial charge in [-0.25, -0.2) is 9.97 Å². The van der Waals surface area contributed by atoms with Crippen LogP contribution in [-0.4, -0.2) is 89.6 Å². The highest BCUT2D eigenvalue weighted by Gasteiger charge is 2.37. The molecule has 4 aliphatic heterocycles. The highest BCUT2D eigenvalue weighted by molar-refractivity contribution is 5.74. The number of fused-ring (bicyclic) bond motifs is 2. The Bertz CT molecular complexity index is 1200. The van der Waals surface area contributed by atoms with E-state index in [0.29, 0.717) is 37.3 Å². The van der Waals surface area contributed by atoms with Gasteiger partial charge < -0.3 is 24.8 Å². The van der Waals surface area contributed by atoms with Gasteiger partial charge in [-0.3, -0.25) is 9.80 Å². The average molecular weight is 504 g/mol. The molecule has 0 aliphatic carbocycles. The van der Waals surface area contributed by atoms with Crippen LogP contribution in [0.1, 0.15) is 35.7 Å². The summed E-state index contributed by atoms with van der Waals surface area (Å²) >= 11 is 0. The molecule has 6 heterocycles. The number of ether oxygens (including phenoxy) is 2. The molecule has 0 saturated carbocycles. The van der Waals surface area contributed by atoms with E-state index in [-0.39, 0.29) is 5.92 Å². The number of aliphatic hydroxyl groups is 1. The first kappa shape index (κ1) is 24.1. The number of anilines is 3. The highest BCUT2D eigenvalue weighted by Crippen LogP contribution is 2.41. The van der Waals surface area contributed by atoms with Crippen LogP contribution in [-0.2, 0) is 11.3 Å². The van der Waals surface area contributed by atoms with Gasteiger partial charge in [-0.15, -0.1) is 0 Å². The minimum Gasteiger partial charge on any atom is -0.483 e. The van der Waals surface area contributed by atoms with Gasteiger partial charge in [0.1, 0.15) is 24.7 Å². The second kappa shape index (κ2) is 10.3. The van der Waals surface area contributed by atoms with Gasteiger partial charge in [0.25, 0.3) is 0 Å². The van der Waals surface area contributed by atoms with Crippen LogP contribution in [0.3, 0.4) is 0 Å². The molecule has 0 spiro atoms. The number of aromatic nitrogens is 2. The molecule has 10 heteroatoms. The molecule has 2 aromatic heterocycles. The van der Waals surface area contributed by atoms with Crippen LogP contribution in [0.5, 0.6) is 5.75 Å². The molecule has 3 fully saturated rings. The third-order valence-electron chi connectivity index (χ3n) is 8.02. The summed E-state index contributed by atoms with van der Waals surface area (Å²) in [6, 6.07) is 6.81. The summed E-state index contributed by atoms with van der Waals surface area (Å²) in [5.41, 5.74) is 4.04. The normalized spacial score (nSPS) is 21.9. The maximum atomic E-state index is 10.0. The number of morpholine rings is 1. The predicted molar refractivity (Wildman–Crippen MR) is 139 cm³/mol. The van der Waals surface area contributed by atoms with Gasteiger partial charge in [-0.2, -0.15) is 5.26 Å². The number of pyridine rings is 2. The van der Waals surface area contributed by atoms with E-state index in [2.05, 4.69) is 37.6 Å². The second-order valence-electron chi connectivity index (χ2n) is 10.1. The van der Waals surface area contributed by atoms with Crippen molar-refractivity contribution in [3.8, 4) is 11.8 Å². The van der Waals surface area contributed by atoms with Gasteiger partial charge >= 0.3 is 0 Å². The summed E-state index contributed by atoms with van der Waals surface area (Å²) in [7, 11) is 0. The summed E-state index contributed by atoms with van der Waals surface area (Å²) < 4.78 is 11.7. The summed E-state index contributed by atoms with van der Waals surface area (Å²) in [4.78, 5) is 16.2. The fourth-order valence-electron chi connectivity index (χ4n) is 5.84. The highest BCUT2D eigenvalue weighted by atomic mass is 16.5. The van der Waals surface area contributed by atoms with Crippen LogP contribution in [0.2, 0.25) is 0 Å². The van der Waals surface area contributed by atoms with Crippen LogP contribution in [0.25, 0.3) is 0 Å². The first-order chi connectivity index (χ1) is 18.1. The molecule has 1 atom stereocenters. The largest absolute Gasteiger partial charge is 0.483 e. The Morgan fingerprint density at radius 3 is 2.73 bits per heavy atom. The molecule has 4 aliphatic rings. The van der Waals surface area contributed by atoms with Crippen molar-refractivity contribution in [1.29, 1.82) is 5.26 Å². The van der Waals surface area contributed by atoms with E-state index >= 15 is 0 Å². The number of piperidine rings is 1. The van der Waals surface area contributed by atoms with Crippen LogP contribution >= 0.6 is 0 Å². The molecule has 194 valence electrons. The van der Waals surface area contributed by atoms with E-state index in [1.54, 1.807) is 6.08 Å². The lowest BCUT2D eigenvalue weighted by Crippen LogP contribution is -2.55. The molecule has 10 nitrogen and oxygen atoms in total. The summed E-state index contributed by atoms with van der Waals surface area (Å²) in [6.07, 6.45) is 4.91. The Morgan fingerprint density at radius 2 is 2.00 bits per heavy atom. The minimum absolute atomic E-state index is 0.270. The second-order valence-corrected chi connectivity index (χ2v) is 10.1. The molecule has 1 unspecified atom stereocenters. The lowest BCUT2D eigenvalue weighted by atomic mass is 9.90. The van der Waals surface area contributed by atoms with Gasteiger partial charge in [0.2, 0.25) is 0 Å². The zero-order valence-electron chi connectivity index (χ0n) is 21.0. The molecule has 0 aromatic carbocycles. The molecule has 37 heavy (non-hydrogen) atoms. The third-order valence-corrected chi connectivity index (χ3v) is 8.02. The minimum atomic E-state index is -0.558. The SMILES string of the molecule is C=CC(O)N1CCC(N2CC(c3cc4c(c(C#N)n3)OCc3c(N5CCOCC5)ccnc3N4)C2)CC1. The molecular weight excluding hydrogens is 470 g/mol. The van der Waals surface area contributed by atoms with Crippen molar-refractivity contribution in [2.75, 3.05) is 62.7 Å². The van der Waals surface area contributed by atoms with Crippen molar-refractivity contribution in [2.45, 2.75) is 37.6 Å². The Balaban J connectivity index is 1.18. The fourth-order valence-corrected chi connectivity index (χ4v) is 5.84. The van der Waals surface area contributed by atoms with Crippen molar-refractivity contribution < 1.29 is 14.6 Å². The van der Waals surface area contributed by atoms with Crippen LogP contribution < -0.4 is 15.0 Å². The number of likely N-dealkylation sites (tertiary alicyclic amines) is 2. The average Bonchev–Trinajstić information content (AvgIpc) is 3.11. The topological polar surface area (TPSA) is 110 Å². The van der Waals surface area contributed by atoms with Crippen LogP contribution in [0.4, 0.5) is 17.2 Å². The van der Waals surface area contributed by atoms with Crippen LogP contribution in [0, 0.1) is 11.3 Å². The number of nitrogens with zero attached hydrogens (tertiary/aromatic N) is 6. The van der Waals surface area contributed by atoms with Gasteiger partial charge in [0.15, 0.2) is 11.4 Å². The lowest BCUT2D eigenvalue weighted by Gasteiger charge is -2.47. The maximum Gasteiger partial charge on any atom is 0.185 e. The number of aliphatic hydroxyl groups excluding tert-OH is 1. The Hall–Kier alpha value is -3.23. The quantitative estimate of drug-likeness (QED) is 0.589. The van der Waals surface area contributed by atoms with Gasteiger partial charge in [-0.05, 0) is 31.1 Å².